The molecular formula is C25H25Cl2N3O4. The van der Waals surface area contributed by atoms with Crippen LogP contribution in [0.25, 0.3) is 0 Å². The number of carbonyl (C=O) groups is 3. The van der Waals surface area contributed by atoms with E-state index in [1.54, 1.807) is 30.3 Å². The van der Waals surface area contributed by atoms with E-state index in [0.29, 0.717) is 32.8 Å². The highest BCUT2D eigenvalue weighted by Crippen LogP contribution is 2.48. The number of aliphatic imine (C=N–C) groups is 1. The molecule has 9 heteroatoms. The summed E-state index contributed by atoms with van der Waals surface area (Å²) in [5.41, 5.74) is 1.49. The van der Waals surface area contributed by atoms with Gasteiger partial charge < -0.3 is 15.3 Å². The topological polar surface area (TPSA) is 99.1 Å². The third-order valence-electron chi connectivity index (χ3n) is 6.02. The van der Waals surface area contributed by atoms with E-state index >= 15 is 0 Å². The zero-order valence-electron chi connectivity index (χ0n) is 18.8. The van der Waals surface area contributed by atoms with E-state index in [-0.39, 0.29) is 30.8 Å². The maximum atomic E-state index is 13.6. The maximum Gasteiger partial charge on any atom is 0.305 e. The molecule has 2 aromatic rings. The molecule has 0 bridgehead atoms. The number of carboxylic acids is 1. The molecule has 0 unspecified atom stereocenters. The van der Waals surface area contributed by atoms with Crippen LogP contribution in [0.15, 0.2) is 47.5 Å². The molecule has 1 heterocycles. The number of benzene rings is 2. The van der Waals surface area contributed by atoms with Gasteiger partial charge in [-0.1, -0.05) is 35.3 Å². The Labute approximate surface area is 207 Å². The molecule has 0 saturated heterocycles. The summed E-state index contributed by atoms with van der Waals surface area (Å²) in [6, 6.07) is 11.9. The summed E-state index contributed by atoms with van der Waals surface area (Å²) in [6.07, 6.45) is 1.86. The second-order valence-electron chi connectivity index (χ2n) is 9.09. The Hall–Kier alpha value is -2.90. The molecule has 1 atom stereocenters. The van der Waals surface area contributed by atoms with E-state index in [1.165, 1.54) is 0 Å². The van der Waals surface area contributed by atoms with Crippen molar-refractivity contribution in [1.29, 1.82) is 0 Å². The van der Waals surface area contributed by atoms with Gasteiger partial charge in [-0.2, -0.15) is 0 Å². The first-order valence-corrected chi connectivity index (χ1v) is 11.8. The van der Waals surface area contributed by atoms with Crippen LogP contribution in [-0.4, -0.2) is 45.7 Å². The number of nitrogens with one attached hydrogen (secondary N) is 1. The second kappa shape index (κ2) is 9.39. The van der Waals surface area contributed by atoms with E-state index in [4.69, 9.17) is 33.3 Å². The highest BCUT2D eigenvalue weighted by Gasteiger charge is 2.49. The molecule has 0 spiro atoms. The van der Waals surface area contributed by atoms with Crippen LogP contribution in [0.4, 0.5) is 0 Å². The highest BCUT2D eigenvalue weighted by atomic mass is 35.5. The van der Waals surface area contributed by atoms with Gasteiger partial charge in [-0.05, 0) is 68.5 Å². The van der Waals surface area contributed by atoms with Gasteiger partial charge in [0, 0.05) is 27.7 Å². The van der Waals surface area contributed by atoms with Crippen LogP contribution < -0.4 is 5.32 Å². The predicted molar refractivity (Wildman–Crippen MR) is 130 cm³/mol. The van der Waals surface area contributed by atoms with Crippen molar-refractivity contribution in [2.45, 2.75) is 44.8 Å². The number of amides is 2. The summed E-state index contributed by atoms with van der Waals surface area (Å²) in [5, 5.41) is 12.2. The minimum atomic E-state index is -0.970. The predicted octanol–water partition coefficient (Wildman–Crippen LogP) is 4.72. The number of carboxylic acid groups (broad SMARTS) is 1. The molecule has 2 amide bonds. The number of nitrogens with zero attached hydrogens (tertiary/aromatic N) is 2. The molecule has 1 aliphatic heterocycles. The van der Waals surface area contributed by atoms with Gasteiger partial charge in [-0.3, -0.25) is 19.4 Å². The van der Waals surface area contributed by atoms with Crippen LogP contribution in [0, 0.1) is 5.92 Å². The van der Waals surface area contributed by atoms with E-state index < -0.39 is 11.6 Å². The molecule has 0 radical (unpaired) electrons. The van der Waals surface area contributed by atoms with Crippen LogP contribution in [0.3, 0.4) is 0 Å². The fourth-order valence-corrected chi connectivity index (χ4v) is 4.87. The fourth-order valence-electron chi connectivity index (χ4n) is 4.34. The molecule has 1 saturated carbocycles. The Balaban J connectivity index is 1.59. The summed E-state index contributed by atoms with van der Waals surface area (Å²) in [7, 11) is 0. The van der Waals surface area contributed by atoms with Crippen LogP contribution in [-0.2, 0) is 9.59 Å². The molecule has 2 aliphatic rings. The number of rotatable bonds is 8. The molecule has 178 valence electrons. The number of hydrogen-bond donors (Lipinski definition) is 2. The molecule has 1 fully saturated rings. The molecule has 34 heavy (non-hydrogen) atoms. The number of halogens is 2. The zero-order valence-corrected chi connectivity index (χ0v) is 20.4. The Bertz CT molecular complexity index is 1150. The van der Waals surface area contributed by atoms with Crippen molar-refractivity contribution >= 4 is 46.7 Å². The van der Waals surface area contributed by atoms with Gasteiger partial charge in [0.05, 0.1) is 12.5 Å². The van der Waals surface area contributed by atoms with E-state index in [0.717, 1.165) is 18.4 Å². The van der Waals surface area contributed by atoms with Crippen molar-refractivity contribution in [2.24, 2.45) is 10.9 Å². The number of carbonyl (C=O) groups excluding carboxylic acids is 2. The van der Waals surface area contributed by atoms with E-state index in [9.17, 15) is 14.4 Å². The van der Waals surface area contributed by atoms with Gasteiger partial charge >= 0.3 is 5.97 Å². The first-order chi connectivity index (χ1) is 16.1. The van der Waals surface area contributed by atoms with Crippen molar-refractivity contribution < 1.29 is 19.5 Å². The summed E-state index contributed by atoms with van der Waals surface area (Å²) in [4.78, 5) is 43.2. The summed E-state index contributed by atoms with van der Waals surface area (Å²) in [6.45, 7) is 3.87. The SMILES string of the molecule is CC1(C)N=C(c2cc(Cl)cc(Cl)c2)C(=O)N1[C@@H](c1ccc(C(=O)NCCC(=O)O)cc1)C1CC1. The minimum Gasteiger partial charge on any atom is -0.481 e. The van der Waals surface area contributed by atoms with Crippen molar-refractivity contribution in [3.8, 4) is 0 Å². The normalized spacial score (nSPS) is 17.9. The lowest BCUT2D eigenvalue weighted by atomic mass is 9.96. The summed E-state index contributed by atoms with van der Waals surface area (Å²) >= 11 is 12.3. The Morgan fingerprint density at radius 1 is 1.15 bits per heavy atom. The van der Waals surface area contributed by atoms with Crippen LogP contribution in [0.1, 0.15) is 60.6 Å². The van der Waals surface area contributed by atoms with Gasteiger partial charge in [0.1, 0.15) is 11.4 Å². The Morgan fingerprint density at radius 2 is 1.76 bits per heavy atom. The Morgan fingerprint density at radius 3 is 2.32 bits per heavy atom. The van der Waals surface area contributed by atoms with Crippen LogP contribution in [0.5, 0.6) is 0 Å². The van der Waals surface area contributed by atoms with Crippen LogP contribution >= 0.6 is 23.2 Å². The average molecular weight is 502 g/mol. The average Bonchev–Trinajstić information content (AvgIpc) is 3.56. The quantitative estimate of drug-likeness (QED) is 0.546. The first-order valence-electron chi connectivity index (χ1n) is 11.1. The standard InChI is InChI=1S/C25H25Cl2N3O4/c1-25(2)29-21(17-11-18(26)13-19(27)12-17)24(34)30(25)22(14-3-4-14)15-5-7-16(8-6-15)23(33)28-10-9-20(31)32/h5-8,11-14,22H,3-4,9-10H2,1-2H3,(H,28,33)(H,31,32)/t22-/m1/s1. The van der Waals surface area contributed by atoms with Crippen molar-refractivity contribution in [3.63, 3.8) is 0 Å². The van der Waals surface area contributed by atoms with Gasteiger partial charge in [0.15, 0.2) is 0 Å². The molecule has 0 aromatic heterocycles. The molecule has 4 rings (SSSR count). The highest BCUT2D eigenvalue weighted by molar-refractivity contribution is 6.47. The molecule has 2 aromatic carbocycles. The van der Waals surface area contributed by atoms with Crippen molar-refractivity contribution in [3.05, 3.63) is 69.2 Å². The van der Waals surface area contributed by atoms with Gasteiger partial charge in [0.2, 0.25) is 0 Å². The van der Waals surface area contributed by atoms with E-state index in [2.05, 4.69) is 5.32 Å². The van der Waals surface area contributed by atoms with Crippen molar-refractivity contribution in [2.75, 3.05) is 6.54 Å². The lowest BCUT2D eigenvalue weighted by Crippen LogP contribution is -2.46. The van der Waals surface area contributed by atoms with Gasteiger partial charge in [0.25, 0.3) is 11.8 Å². The third-order valence-corrected chi connectivity index (χ3v) is 6.45. The molecule has 7 nitrogen and oxygen atoms in total. The van der Waals surface area contributed by atoms with Crippen molar-refractivity contribution in [1.82, 2.24) is 10.2 Å². The monoisotopic (exact) mass is 501 g/mol. The molecule has 2 N–H and O–H groups in total. The smallest absolute Gasteiger partial charge is 0.305 e. The first kappa shape index (κ1) is 24.2. The largest absolute Gasteiger partial charge is 0.481 e. The van der Waals surface area contributed by atoms with Crippen LogP contribution in [0.2, 0.25) is 10.0 Å². The Kier molecular flexibility index (Phi) is 6.69. The van der Waals surface area contributed by atoms with Gasteiger partial charge in [-0.15, -0.1) is 0 Å². The molecular weight excluding hydrogens is 477 g/mol. The zero-order chi connectivity index (χ0) is 24.6. The second-order valence-corrected chi connectivity index (χ2v) is 9.96. The summed E-state index contributed by atoms with van der Waals surface area (Å²) in [5.74, 6) is -1.19. The van der Waals surface area contributed by atoms with Gasteiger partial charge in [-0.25, -0.2) is 0 Å². The third kappa shape index (κ3) is 5.10. The lowest BCUT2D eigenvalue weighted by molar-refractivity contribution is -0.136. The fraction of sp³-hybridized carbons (Fsp3) is 0.360. The minimum absolute atomic E-state index is 0.0602. The lowest BCUT2D eigenvalue weighted by Gasteiger charge is -2.37. The van der Waals surface area contributed by atoms with E-state index in [1.807, 2.05) is 30.9 Å². The summed E-state index contributed by atoms with van der Waals surface area (Å²) < 4.78 is 0. The maximum absolute atomic E-state index is 13.6. The number of hydrogen-bond acceptors (Lipinski definition) is 4. The molecule has 1 aliphatic carbocycles. The number of aliphatic carboxylic acids is 1.